The fraction of sp³-hybridized carbons (Fsp3) is 0.316. The SMILES string of the molecule is CCOc1ccc(NCC(=O)NCCc2ccccc2C)cc1. The van der Waals surface area contributed by atoms with Crippen LogP contribution in [0.5, 0.6) is 5.75 Å². The summed E-state index contributed by atoms with van der Waals surface area (Å²) in [6.45, 7) is 5.60. The van der Waals surface area contributed by atoms with Gasteiger partial charge in [0, 0.05) is 12.2 Å². The fourth-order valence-electron chi connectivity index (χ4n) is 2.31. The van der Waals surface area contributed by atoms with E-state index in [4.69, 9.17) is 4.74 Å². The summed E-state index contributed by atoms with van der Waals surface area (Å²) < 4.78 is 5.38. The number of hydrogen-bond acceptors (Lipinski definition) is 3. The largest absolute Gasteiger partial charge is 0.494 e. The predicted octanol–water partition coefficient (Wildman–Crippen LogP) is 3.16. The minimum atomic E-state index is -0.00697. The van der Waals surface area contributed by atoms with E-state index >= 15 is 0 Å². The molecule has 122 valence electrons. The lowest BCUT2D eigenvalue weighted by Gasteiger charge is -2.10. The highest BCUT2D eigenvalue weighted by molar-refractivity contribution is 5.80. The van der Waals surface area contributed by atoms with Crippen LogP contribution < -0.4 is 15.4 Å². The Kier molecular flexibility index (Phi) is 6.48. The summed E-state index contributed by atoms with van der Waals surface area (Å²) in [7, 11) is 0. The molecule has 2 aromatic rings. The van der Waals surface area contributed by atoms with Crippen molar-refractivity contribution in [1.29, 1.82) is 0 Å². The summed E-state index contributed by atoms with van der Waals surface area (Å²) >= 11 is 0. The molecule has 0 atom stereocenters. The molecule has 0 fully saturated rings. The van der Waals surface area contributed by atoms with Crippen molar-refractivity contribution in [2.24, 2.45) is 0 Å². The van der Waals surface area contributed by atoms with Crippen LogP contribution in [0.4, 0.5) is 5.69 Å². The molecule has 0 bridgehead atoms. The van der Waals surface area contributed by atoms with E-state index < -0.39 is 0 Å². The van der Waals surface area contributed by atoms with E-state index in [1.165, 1.54) is 11.1 Å². The average molecular weight is 312 g/mol. The van der Waals surface area contributed by atoms with Crippen LogP contribution in [-0.4, -0.2) is 25.6 Å². The van der Waals surface area contributed by atoms with Crippen LogP contribution in [0.1, 0.15) is 18.1 Å². The summed E-state index contributed by atoms with van der Waals surface area (Å²) in [6.07, 6.45) is 0.849. The Morgan fingerprint density at radius 2 is 1.83 bits per heavy atom. The number of hydrogen-bond donors (Lipinski definition) is 2. The van der Waals surface area contributed by atoms with Crippen LogP contribution in [0.25, 0.3) is 0 Å². The summed E-state index contributed by atoms with van der Waals surface area (Å²) in [6, 6.07) is 15.8. The van der Waals surface area contributed by atoms with Gasteiger partial charge in [-0.2, -0.15) is 0 Å². The number of benzene rings is 2. The molecule has 0 aliphatic heterocycles. The maximum absolute atomic E-state index is 11.9. The molecule has 4 nitrogen and oxygen atoms in total. The minimum Gasteiger partial charge on any atom is -0.494 e. The average Bonchev–Trinajstić information content (AvgIpc) is 2.56. The molecule has 0 aliphatic carbocycles. The quantitative estimate of drug-likeness (QED) is 0.787. The van der Waals surface area contributed by atoms with E-state index in [2.05, 4.69) is 29.7 Å². The van der Waals surface area contributed by atoms with Gasteiger partial charge in [-0.15, -0.1) is 0 Å². The van der Waals surface area contributed by atoms with Gasteiger partial charge in [-0.1, -0.05) is 24.3 Å². The van der Waals surface area contributed by atoms with E-state index in [0.29, 0.717) is 13.2 Å². The van der Waals surface area contributed by atoms with E-state index in [-0.39, 0.29) is 12.5 Å². The van der Waals surface area contributed by atoms with Crippen molar-refractivity contribution in [3.05, 3.63) is 59.7 Å². The lowest BCUT2D eigenvalue weighted by Crippen LogP contribution is -2.31. The number of amides is 1. The highest BCUT2D eigenvalue weighted by Crippen LogP contribution is 2.15. The minimum absolute atomic E-state index is 0.00697. The molecule has 4 heteroatoms. The predicted molar refractivity (Wildman–Crippen MR) is 94.0 cm³/mol. The lowest BCUT2D eigenvalue weighted by atomic mass is 10.1. The highest BCUT2D eigenvalue weighted by Gasteiger charge is 2.02. The van der Waals surface area contributed by atoms with E-state index in [1.807, 2.05) is 43.3 Å². The molecule has 0 heterocycles. The normalized spacial score (nSPS) is 10.2. The van der Waals surface area contributed by atoms with Crippen molar-refractivity contribution in [2.75, 3.05) is 25.0 Å². The zero-order valence-corrected chi connectivity index (χ0v) is 13.8. The molecule has 2 N–H and O–H groups in total. The van der Waals surface area contributed by atoms with Gasteiger partial charge in [0.15, 0.2) is 0 Å². The maximum Gasteiger partial charge on any atom is 0.239 e. The Balaban J connectivity index is 1.69. The van der Waals surface area contributed by atoms with Crippen molar-refractivity contribution in [1.82, 2.24) is 5.32 Å². The van der Waals surface area contributed by atoms with Crippen molar-refractivity contribution in [3.63, 3.8) is 0 Å². The Morgan fingerprint density at radius 3 is 2.52 bits per heavy atom. The Morgan fingerprint density at radius 1 is 1.09 bits per heavy atom. The number of anilines is 1. The second-order valence-electron chi connectivity index (χ2n) is 5.34. The molecule has 23 heavy (non-hydrogen) atoms. The van der Waals surface area contributed by atoms with Crippen LogP contribution >= 0.6 is 0 Å². The molecule has 2 aromatic carbocycles. The summed E-state index contributed by atoms with van der Waals surface area (Å²) in [5.41, 5.74) is 3.43. The van der Waals surface area contributed by atoms with Gasteiger partial charge in [0.2, 0.25) is 5.91 Å². The number of carbonyl (C=O) groups is 1. The van der Waals surface area contributed by atoms with Crippen molar-refractivity contribution >= 4 is 11.6 Å². The Hall–Kier alpha value is -2.49. The van der Waals surface area contributed by atoms with Gasteiger partial charge in [-0.25, -0.2) is 0 Å². The molecule has 0 spiro atoms. The molecule has 0 saturated heterocycles. The third kappa shape index (κ3) is 5.66. The smallest absolute Gasteiger partial charge is 0.239 e. The number of aryl methyl sites for hydroxylation is 1. The van der Waals surface area contributed by atoms with Gasteiger partial charge in [0.05, 0.1) is 13.2 Å². The van der Waals surface area contributed by atoms with E-state index in [0.717, 1.165) is 17.9 Å². The van der Waals surface area contributed by atoms with Gasteiger partial charge < -0.3 is 15.4 Å². The molecular weight excluding hydrogens is 288 g/mol. The number of rotatable bonds is 8. The first-order valence-corrected chi connectivity index (χ1v) is 7.97. The molecule has 0 saturated carbocycles. The van der Waals surface area contributed by atoms with Gasteiger partial charge in [-0.3, -0.25) is 4.79 Å². The molecule has 0 unspecified atom stereocenters. The zero-order chi connectivity index (χ0) is 16.5. The first kappa shape index (κ1) is 16.9. The molecule has 2 rings (SSSR count). The fourth-order valence-corrected chi connectivity index (χ4v) is 2.31. The second kappa shape index (κ2) is 8.83. The lowest BCUT2D eigenvalue weighted by molar-refractivity contribution is -0.119. The number of carbonyl (C=O) groups excluding carboxylic acids is 1. The first-order chi connectivity index (χ1) is 11.2. The van der Waals surface area contributed by atoms with E-state index in [1.54, 1.807) is 0 Å². The van der Waals surface area contributed by atoms with Crippen molar-refractivity contribution in [3.8, 4) is 5.75 Å². The molecule has 0 aromatic heterocycles. The third-order valence-corrected chi connectivity index (χ3v) is 3.60. The molecule has 1 amide bonds. The highest BCUT2D eigenvalue weighted by atomic mass is 16.5. The van der Waals surface area contributed by atoms with Crippen LogP contribution in [0, 0.1) is 6.92 Å². The maximum atomic E-state index is 11.9. The summed E-state index contributed by atoms with van der Waals surface area (Å²) in [5, 5.41) is 6.04. The molecule has 0 aliphatic rings. The first-order valence-electron chi connectivity index (χ1n) is 7.97. The molecule has 0 radical (unpaired) electrons. The zero-order valence-electron chi connectivity index (χ0n) is 13.8. The van der Waals surface area contributed by atoms with Crippen molar-refractivity contribution < 1.29 is 9.53 Å². The summed E-state index contributed by atoms with van der Waals surface area (Å²) in [5.74, 6) is 0.827. The van der Waals surface area contributed by atoms with Gasteiger partial charge in [-0.05, 0) is 55.7 Å². The van der Waals surface area contributed by atoms with Crippen LogP contribution in [0.3, 0.4) is 0 Å². The Labute approximate surface area is 137 Å². The van der Waals surface area contributed by atoms with Crippen LogP contribution in [0.2, 0.25) is 0 Å². The van der Waals surface area contributed by atoms with Gasteiger partial charge in [0.1, 0.15) is 5.75 Å². The Bertz CT molecular complexity index is 624. The topological polar surface area (TPSA) is 50.4 Å². The summed E-state index contributed by atoms with van der Waals surface area (Å²) in [4.78, 5) is 11.9. The standard InChI is InChI=1S/C19H24N2O2/c1-3-23-18-10-8-17(9-11-18)21-14-19(22)20-13-12-16-7-5-4-6-15(16)2/h4-11,21H,3,12-14H2,1-2H3,(H,20,22). The van der Waals surface area contributed by atoms with Gasteiger partial charge >= 0.3 is 0 Å². The molecular formula is C19H24N2O2. The van der Waals surface area contributed by atoms with E-state index in [9.17, 15) is 4.79 Å². The van der Waals surface area contributed by atoms with Crippen LogP contribution in [0.15, 0.2) is 48.5 Å². The third-order valence-electron chi connectivity index (χ3n) is 3.60. The van der Waals surface area contributed by atoms with Crippen molar-refractivity contribution in [2.45, 2.75) is 20.3 Å². The monoisotopic (exact) mass is 312 g/mol. The second-order valence-corrected chi connectivity index (χ2v) is 5.34. The van der Waals surface area contributed by atoms with Gasteiger partial charge in [0.25, 0.3) is 0 Å². The number of nitrogens with one attached hydrogen (secondary N) is 2. The van der Waals surface area contributed by atoms with Crippen LogP contribution in [-0.2, 0) is 11.2 Å². The number of ether oxygens (including phenoxy) is 1.